The minimum atomic E-state index is -0.0151. The number of amides is 1. The van der Waals surface area contributed by atoms with Crippen molar-refractivity contribution in [3.05, 3.63) is 88.5 Å². The molecule has 3 unspecified atom stereocenters. The van der Waals surface area contributed by atoms with Crippen LogP contribution < -0.4 is 9.64 Å². The zero-order chi connectivity index (χ0) is 20.3. The largest absolute Gasteiger partial charge is 0.504 e. The number of phenolic OH excluding ortho intramolecular Hbond substituents is 1. The van der Waals surface area contributed by atoms with E-state index in [9.17, 15) is 9.90 Å². The Morgan fingerprint density at radius 2 is 1.79 bits per heavy atom. The number of aryl methyl sites for hydroxylation is 1. The summed E-state index contributed by atoms with van der Waals surface area (Å²) in [5, 5.41) is 10.1. The van der Waals surface area contributed by atoms with Crippen LogP contribution >= 0.6 is 0 Å². The molecule has 1 amide bonds. The summed E-state index contributed by atoms with van der Waals surface area (Å²) in [4.78, 5) is 15.3. The number of hydrogen-bond acceptors (Lipinski definition) is 3. The van der Waals surface area contributed by atoms with Crippen LogP contribution in [-0.4, -0.2) is 18.1 Å². The van der Waals surface area contributed by atoms with Gasteiger partial charge in [0.05, 0.1) is 13.2 Å². The number of anilines is 1. The Balaban J connectivity index is 1.75. The highest BCUT2D eigenvalue weighted by Crippen LogP contribution is 2.55. The van der Waals surface area contributed by atoms with E-state index in [1.165, 1.54) is 0 Å². The summed E-state index contributed by atoms with van der Waals surface area (Å²) in [5.74, 6) is 0.913. The van der Waals surface area contributed by atoms with E-state index in [-0.39, 0.29) is 29.5 Å². The summed E-state index contributed by atoms with van der Waals surface area (Å²) in [5.41, 5.74) is 6.23. The Bertz CT molecular complexity index is 1140. The first-order valence-corrected chi connectivity index (χ1v) is 9.91. The van der Waals surface area contributed by atoms with Gasteiger partial charge in [0.25, 0.3) is 5.91 Å². The molecule has 29 heavy (non-hydrogen) atoms. The highest BCUT2D eigenvalue weighted by Gasteiger charge is 2.48. The molecular weight excluding hydrogens is 362 g/mol. The number of carbonyl (C=O) groups is 1. The molecule has 146 valence electrons. The third-order valence-electron chi connectivity index (χ3n) is 6.37. The molecule has 2 aliphatic rings. The van der Waals surface area contributed by atoms with Crippen molar-refractivity contribution < 1.29 is 14.6 Å². The van der Waals surface area contributed by atoms with Gasteiger partial charge in [0.1, 0.15) is 0 Å². The summed E-state index contributed by atoms with van der Waals surface area (Å²) in [6, 6.07) is 19.8. The standard InChI is InChI=1S/C25H23NO3/c1-14-8-10-20-19(12-14)23(16-9-11-21(27)22(13-16)29-3)15(2)24-17-6-4-5-7-18(17)25(28)26(20)24/h4-13,15,23-24,27H,1-3H3. The average Bonchev–Trinajstić information content (AvgIpc) is 3.02. The lowest BCUT2D eigenvalue weighted by atomic mass is 9.72. The topological polar surface area (TPSA) is 49.8 Å². The number of phenols is 1. The maximum Gasteiger partial charge on any atom is 0.259 e. The van der Waals surface area contributed by atoms with Crippen molar-refractivity contribution >= 4 is 11.6 Å². The number of hydrogen-bond donors (Lipinski definition) is 1. The van der Waals surface area contributed by atoms with Gasteiger partial charge in [0.2, 0.25) is 0 Å². The molecule has 3 atom stereocenters. The van der Waals surface area contributed by atoms with E-state index in [0.29, 0.717) is 5.75 Å². The van der Waals surface area contributed by atoms with Gasteiger partial charge in [0.15, 0.2) is 11.5 Å². The third kappa shape index (κ3) is 2.48. The Hall–Kier alpha value is -3.27. The SMILES string of the molecule is COc1cc(C2c3cc(C)ccc3N3C(=O)c4ccccc4C3C2C)ccc1O. The monoisotopic (exact) mass is 385 g/mol. The molecule has 0 radical (unpaired) electrons. The van der Waals surface area contributed by atoms with Gasteiger partial charge >= 0.3 is 0 Å². The quantitative estimate of drug-likeness (QED) is 0.660. The van der Waals surface area contributed by atoms with E-state index in [2.05, 4.69) is 38.1 Å². The number of aromatic hydroxyl groups is 1. The molecule has 0 spiro atoms. The highest BCUT2D eigenvalue weighted by atomic mass is 16.5. The molecule has 5 rings (SSSR count). The minimum Gasteiger partial charge on any atom is -0.504 e. The average molecular weight is 385 g/mol. The maximum atomic E-state index is 13.3. The zero-order valence-electron chi connectivity index (χ0n) is 16.7. The number of fused-ring (bicyclic) bond motifs is 5. The van der Waals surface area contributed by atoms with Crippen molar-refractivity contribution in [3.63, 3.8) is 0 Å². The van der Waals surface area contributed by atoms with Crippen molar-refractivity contribution in [2.24, 2.45) is 5.92 Å². The van der Waals surface area contributed by atoms with Crippen LogP contribution in [0.5, 0.6) is 11.5 Å². The van der Waals surface area contributed by atoms with Crippen LogP contribution in [0.25, 0.3) is 0 Å². The van der Waals surface area contributed by atoms with Crippen LogP contribution in [0.4, 0.5) is 5.69 Å². The second kappa shape index (κ2) is 6.38. The number of ether oxygens (including phenoxy) is 1. The van der Waals surface area contributed by atoms with E-state index in [1.807, 2.05) is 35.2 Å². The Labute approximate surface area is 170 Å². The fraction of sp³-hybridized carbons (Fsp3) is 0.240. The number of rotatable bonds is 2. The lowest BCUT2D eigenvalue weighted by molar-refractivity contribution is 0.0981. The molecule has 4 heteroatoms. The Morgan fingerprint density at radius 1 is 1.00 bits per heavy atom. The molecule has 2 heterocycles. The molecule has 3 aromatic carbocycles. The number of methoxy groups -OCH3 is 1. The number of nitrogens with zero attached hydrogens (tertiary/aromatic N) is 1. The van der Waals surface area contributed by atoms with E-state index in [1.54, 1.807) is 13.2 Å². The lowest BCUT2D eigenvalue weighted by Gasteiger charge is -2.42. The van der Waals surface area contributed by atoms with Gasteiger partial charge in [-0.15, -0.1) is 0 Å². The first kappa shape index (κ1) is 17.8. The van der Waals surface area contributed by atoms with Crippen molar-refractivity contribution in [3.8, 4) is 11.5 Å². The fourth-order valence-electron chi connectivity index (χ4n) is 5.10. The molecule has 2 aliphatic heterocycles. The van der Waals surface area contributed by atoms with Crippen molar-refractivity contribution in [1.29, 1.82) is 0 Å². The first-order valence-electron chi connectivity index (χ1n) is 9.91. The molecule has 0 bridgehead atoms. The van der Waals surface area contributed by atoms with Gasteiger partial charge in [0, 0.05) is 17.2 Å². The molecule has 0 saturated heterocycles. The third-order valence-corrected chi connectivity index (χ3v) is 6.37. The normalized spacial score (nSPS) is 22.1. The van der Waals surface area contributed by atoms with Crippen LogP contribution in [0, 0.1) is 12.8 Å². The summed E-state index contributed by atoms with van der Waals surface area (Å²) >= 11 is 0. The van der Waals surface area contributed by atoms with E-state index >= 15 is 0 Å². The second-order valence-electron chi connectivity index (χ2n) is 8.04. The van der Waals surface area contributed by atoms with Crippen molar-refractivity contribution in [2.75, 3.05) is 12.0 Å². The molecule has 0 aliphatic carbocycles. The summed E-state index contributed by atoms with van der Waals surface area (Å²) in [6.07, 6.45) is 0. The number of carbonyl (C=O) groups excluding carboxylic acids is 1. The van der Waals surface area contributed by atoms with Gasteiger partial charge in [-0.3, -0.25) is 4.79 Å². The van der Waals surface area contributed by atoms with E-state index in [0.717, 1.165) is 33.5 Å². The minimum absolute atomic E-state index is 0.0151. The molecule has 1 N–H and O–H groups in total. The van der Waals surface area contributed by atoms with Crippen LogP contribution in [-0.2, 0) is 0 Å². The molecule has 0 saturated carbocycles. The zero-order valence-corrected chi connectivity index (χ0v) is 16.7. The first-order chi connectivity index (χ1) is 14.0. The van der Waals surface area contributed by atoms with Gasteiger partial charge in [-0.2, -0.15) is 0 Å². The van der Waals surface area contributed by atoms with Gasteiger partial charge < -0.3 is 14.7 Å². The van der Waals surface area contributed by atoms with Gasteiger partial charge in [-0.1, -0.05) is 48.9 Å². The maximum absolute atomic E-state index is 13.3. The van der Waals surface area contributed by atoms with E-state index < -0.39 is 0 Å². The Morgan fingerprint density at radius 3 is 2.59 bits per heavy atom. The van der Waals surface area contributed by atoms with Gasteiger partial charge in [-0.25, -0.2) is 0 Å². The van der Waals surface area contributed by atoms with Crippen molar-refractivity contribution in [1.82, 2.24) is 0 Å². The van der Waals surface area contributed by atoms with Gasteiger partial charge in [-0.05, 0) is 53.8 Å². The number of benzene rings is 3. The van der Waals surface area contributed by atoms with Crippen LogP contribution in [0.15, 0.2) is 60.7 Å². The molecule has 3 aromatic rings. The highest BCUT2D eigenvalue weighted by molar-refractivity contribution is 6.12. The smallest absolute Gasteiger partial charge is 0.259 e. The predicted molar refractivity (Wildman–Crippen MR) is 113 cm³/mol. The summed E-state index contributed by atoms with van der Waals surface area (Å²) in [7, 11) is 1.56. The molecule has 0 aromatic heterocycles. The second-order valence-corrected chi connectivity index (χ2v) is 8.04. The van der Waals surface area contributed by atoms with Crippen LogP contribution in [0.3, 0.4) is 0 Å². The summed E-state index contributed by atoms with van der Waals surface area (Å²) < 4.78 is 5.37. The van der Waals surface area contributed by atoms with Crippen LogP contribution in [0.2, 0.25) is 0 Å². The van der Waals surface area contributed by atoms with Crippen LogP contribution in [0.1, 0.15) is 51.5 Å². The lowest BCUT2D eigenvalue weighted by Crippen LogP contribution is -2.39. The molecular formula is C25H23NO3. The van der Waals surface area contributed by atoms with E-state index in [4.69, 9.17) is 4.74 Å². The summed E-state index contributed by atoms with van der Waals surface area (Å²) in [6.45, 7) is 4.29. The Kier molecular flexibility index (Phi) is 3.91. The fourth-order valence-corrected chi connectivity index (χ4v) is 5.10. The molecule has 0 fully saturated rings. The predicted octanol–water partition coefficient (Wildman–Crippen LogP) is 5.19. The van der Waals surface area contributed by atoms with Crippen molar-refractivity contribution in [2.45, 2.75) is 25.8 Å². The molecule has 4 nitrogen and oxygen atoms in total.